The number of nitrogens with zero attached hydrogens (tertiary/aromatic N) is 2. The summed E-state index contributed by atoms with van der Waals surface area (Å²) < 4.78 is 6.12. The van der Waals surface area contributed by atoms with Crippen molar-refractivity contribution in [3.8, 4) is 11.3 Å². The Kier molecular flexibility index (Phi) is 5.11. The Morgan fingerprint density at radius 2 is 1.88 bits per heavy atom. The first-order valence-electron chi connectivity index (χ1n) is 10.8. The number of fused-ring (bicyclic) bond motifs is 2. The number of carbonyl (C=O) groups is 1. The van der Waals surface area contributed by atoms with Gasteiger partial charge in [0.15, 0.2) is 0 Å². The van der Waals surface area contributed by atoms with Gasteiger partial charge in [-0.3, -0.25) is 4.90 Å². The van der Waals surface area contributed by atoms with E-state index < -0.39 is 5.97 Å². The summed E-state index contributed by atoms with van der Waals surface area (Å²) in [6.07, 6.45) is 2.98. The lowest BCUT2D eigenvalue weighted by Gasteiger charge is -2.28. The minimum Gasteiger partial charge on any atom is -0.478 e. The second kappa shape index (κ2) is 8.09. The van der Waals surface area contributed by atoms with Crippen LogP contribution in [0.4, 0.5) is 0 Å². The van der Waals surface area contributed by atoms with E-state index in [9.17, 15) is 9.90 Å². The van der Waals surface area contributed by atoms with Crippen molar-refractivity contribution in [2.24, 2.45) is 0 Å². The Balaban J connectivity index is 1.60. The summed E-state index contributed by atoms with van der Waals surface area (Å²) >= 11 is 0. The maximum absolute atomic E-state index is 12.2. The highest BCUT2D eigenvalue weighted by molar-refractivity contribution is 6.05. The molecular weight excluding hydrogens is 400 g/mol. The van der Waals surface area contributed by atoms with Crippen molar-refractivity contribution in [3.05, 3.63) is 88.8 Å². The molecule has 1 aliphatic heterocycles. The van der Waals surface area contributed by atoms with E-state index >= 15 is 0 Å². The van der Waals surface area contributed by atoms with Gasteiger partial charge in [-0.05, 0) is 48.9 Å². The third-order valence-corrected chi connectivity index (χ3v) is 5.97. The number of furan rings is 1. The Labute approximate surface area is 186 Å². The number of aryl methyl sites for hydroxylation is 1. The lowest BCUT2D eigenvalue weighted by molar-refractivity contribution is 0.0696. The quantitative estimate of drug-likeness (QED) is 0.452. The summed E-state index contributed by atoms with van der Waals surface area (Å²) in [5.74, 6) is 0.606. The molecule has 0 amide bonds. The van der Waals surface area contributed by atoms with Crippen LogP contribution in [0.5, 0.6) is 0 Å². The van der Waals surface area contributed by atoms with Crippen LogP contribution in [-0.4, -0.2) is 34.6 Å². The average Bonchev–Trinajstić information content (AvgIpc) is 3.26. The molecule has 5 heteroatoms. The van der Waals surface area contributed by atoms with Crippen molar-refractivity contribution >= 4 is 28.5 Å². The van der Waals surface area contributed by atoms with Gasteiger partial charge in [-0.2, -0.15) is 0 Å². The van der Waals surface area contributed by atoms with E-state index in [-0.39, 0.29) is 0 Å². The molecule has 5 nitrogen and oxygen atoms in total. The molecule has 0 saturated carbocycles. The van der Waals surface area contributed by atoms with Crippen molar-refractivity contribution < 1.29 is 14.3 Å². The SMILES string of the molecule is CCc1ccc(-c2ccc(/C=C3/CN(C)Cc4c3nc3ccccc3c4C(=O)O)o2)cc1. The van der Waals surface area contributed by atoms with E-state index in [2.05, 4.69) is 36.1 Å². The number of aromatic carboxylic acids is 1. The smallest absolute Gasteiger partial charge is 0.336 e. The summed E-state index contributed by atoms with van der Waals surface area (Å²) in [4.78, 5) is 19.1. The number of aromatic nitrogens is 1. The minimum atomic E-state index is -0.926. The minimum absolute atomic E-state index is 0.333. The predicted molar refractivity (Wildman–Crippen MR) is 126 cm³/mol. The standard InChI is InChI=1S/C27H24N2O3/c1-3-17-8-10-18(11-9-17)24-13-12-20(32-24)14-19-15-29(2)16-22-25(27(30)31)21-6-4-5-7-23(21)28-26(19)22/h4-14H,3,15-16H2,1-2H3,(H,30,31)/b19-14-. The fraction of sp³-hybridized carbons (Fsp3) is 0.185. The molecule has 0 unspecified atom stereocenters. The lowest BCUT2D eigenvalue weighted by Crippen LogP contribution is -2.28. The van der Waals surface area contributed by atoms with Crippen LogP contribution in [-0.2, 0) is 13.0 Å². The third-order valence-electron chi connectivity index (χ3n) is 5.97. The van der Waals surface area contributed by atoms with E-state index in [4.69, 9.17) is 9.40 Å². The molecule has 0 aliphatic carbocycles. The summed E-state index contributed by atoms with van der Waals surface area (Å²) in [6.45, 7) is 3.34. The number of carboxylic acids is 1. The van der Waals surface area contributed by atoms with E-state index in [1.54, 1.807) is 0 Å². The third kappa shape index (κ3) is 3.61. The van der Waals surface area contributed by atoms with E-state index in [1.165, 1.54) is 5.56 Å². The van der Waals surface area contributed by atoms with Gasteiger partial charge in [0.1, 0.15) is 11.5 Å². The molecule has 0 bridgehead atoms. The molecule has 5 rings (SSSR count). The van der Waals surface area contributed by atoms with Gasteiger partial charge in [0.2, 0.25) is 0 Å². The van der Waals surface area contributed by atoms with E-state index in [1.807, 2.05) is 49.5 Å². The summed E-state index contributed by atoms with van der Waals surface area (Å²) in [5.41, 5.74) is 5.78. The van der Waals surface area contributed by atoms with Crippen molar-refractivity contribution in [3.63, 3.8) is 0 Å². The zero-order valence-electron chi connectivity index (χ0n) is 18.1. The largest absolute Gasteiger partial charge is 0.478 e. The van der Waals surface area contributed by atoms with Gasteiger partial charge in [-0.15, -0.1) is 0 Å². The normalized spacial score (nSPS) is 15.2. The van der Waals surface area contributed by atoms with Crippen molar-refractivity contribution in [2.75, 3.05) is 13.6 Å². The highest BCUT2D eigenvalue weighted by Gasteiger charge is 2.27. The van der Waals surface area contributed by atoms with Crippen molar-refractivity contribution in [2.45, 2.75) is 19.9 Å². The maximum Gasteiger partial charge on any atom is 0.336 e. The first kappa shape index (κ1) is 20.2. The Bertz CT molecular complexity index is 1350. The van der Waals surface area contributed by atoms with Gasteiger partial charge >= 0.3 is 5.97 Å². The van der Waals surface area contributed by atoms with Crippen molar-refractivity contribution in [1.82, 2.24) is 9.88 Å². The zero-order valence-corrected chi connectivity index (χ0v) is 18.1. The number of likely N-dealkylation sites (N-methyl/N-ethyl adjacent to an activating group) is 1. The molecule has 4 aromatic rings. The number of hydrogen-bond donors (Lipinski definition) is 1. The molecule has 2 aromatic heterocycles. The summed E-state index contributed by atoms with van der Waals surface area (Å²) in [6, 6.07) is 19.7. The molecule has 160 valence electrons. The first-order valence-corrected chi connectivity index (χ1v) is 10.8. The molecule has 32 heavy (non-hydrogen) atoms. The molecule has 1 N–H and O–H groups in total. The van der Waals surface area contributed by atoms with Crippen molar-refractivity contribution in [1.29, 1.82) is 0 Å². The second-order valence-electron chi connectivity index (χ2n) is 8.23. The maximum atomic E-state index is 12.2. The molecule has 0 radical (unpaired) electrons. The van der Waals surface area contributed by atoms with Crippen LogP contribution in [0.15, 0.2) is 65.1 Å². The predicted octanol–water partition coefficient (Wildman–Crippen LogP) is 5.74. The second-order valence-corrected chi connectivity index (χ2v) is 8.23. The topological polar surface area (TPSA) is 66.6 Å². The van der Waals surface area contributed by atoms with Gasteiger partial charge in [-0.25, -0.2) is 9.78 Å². The van der Waals surface area contributed by atoms with Gasteiger partial charge in [0.05, 0.1) is 16.8 Å². The van der Waals surface area contributed by atoms with Crippen LogP contribution < -0.4 is 0 Å². The fourth-order valence-electron chi connectivity index (χ4n) is 4.38. The number of pyridine rings is 1. The fourth-order valence-corrected chi connectivity index (χ4v) is 4.38. The highest BCUT2D eigenvalue weighted by atomic mass is 16.4. The molecular formula is C27H24N2O3. The molecule has 1 aliphatic rings. The number of benzene rings is 2. The lowest BCUT2D eigenvalue weighted by atomic mass is 9.93. The molecule has 0 saturated heterocycles. The van der Waals surface area contributed by atoms with Crippen LogP contribution >= 0.6 is 0 Å². The van der Waals surface area contributed by atoms with Gasteiger partial charge in [-0.1, -0.05) is 49.4 Å². The average molecular weight is 425 g/mol. The Morgan fingerprint density at radius 3 is 2.62 bits per heavy atom. The van der Waals surface area contributed by atoms with E-state index in [0.29, 0.717) is 29.6 Å². The molecule has 3 heterocycles. The monoisotopic (exact) mass is 424 g/mol. The van der Waals surface area contributed by atoms with Crippen LogP contribution in [0.1, 0.15) is 39.9 Å². The summed E-state index contributed by atoms with van der Waals surface area (Å²) in [5, 5.41) is 10.7. The number of rotatable bonds is 4. The van der Waals surface area contributed by atoms with Crippen LogP contribution in [0.3, 0.4) is 0 Å². The van der Waals surface area contributed by atoms with E-state index in [0.717, 1.165) is 40.3 Å². The van der Waals surface area contributed by atoms with Gasteiger partial charge in [0.25, 0.3) is 0 Å². The number of carboxylic acid groups (broad SMARTS) is 1. The highest BCUT2D eigenvalue weighted by Crippen LogP contribution is 2.34. The van der Waals surface area contributed by atoms with Crippen LogP contribution in [0, 0.1) is 0 Å². The van der Waals surface area contributed by atoms with Gasteiger partial charge in [0, 0.05) is 29.6 Å². The molecule has 2 aromatic carbocycles. The summed E-state index contributed by atoms with van der Waals surface area (Å²) in [7, 11) is 1.99. The van der Waals surface area contributed by atoms with Gasteiger partial charge < -0.3 is 9.52 Å². The Hall–Kier alpha value is -3.70. The molecule has 0 fully saturated rings. The molecule has 0 spiro atoms. The number of para-hydroxylation sites is 1. The first-order chi connectivity index (χ1) is 15.5. The molecule has 0 atom stereocenters. The van der Waals surface area contributed by atoms with Crippen LogP contribution in [0.25, 0.3) is 33.9 Å². The Morgan fingerprint density at radius 1 is 1.09 bits per heavy atom. The number of hydrogen-bond acceptors (Lipinski definition) is 4. The van der Waals surface area contributed by atoms with Crippen LogP contribution in [0.2, 0.25) is 0 Å². The zero-order chi connectivity index (χ0) is 22.2.